The monoisotopic (exact) mass is 409 g/mol. The van der Waals surface area contributed by atoms with E-state index in [0.717, 1.165) is 63.3 Å². The zero-order valence-electron chi connectivity index (χ0n) is 16.9. The maximum absolute atomic E-state index is 13.2. The second-order valence-corrected chi connectivity index (χ2v) is 8.42. The SMILES string of the molecule is COc1ccc(Cl)cc1CN(C)C(=O)[C@@H]1CC[C@H](N)CN(C2CCOCC2)C1. The van der Waals surface area contributed by atoms with Crippen molar-refractivity contribution < 1.29 is 14.3 Å². The van der Waals surface area contributed by atoms with Crippen molar-refractivity contribution in [1.82, 2.24) is 9.80 Å². The molecule has 1 amide bonds. The van der Waals surface area contributed by atoms with Crippen molar-refractivity contribution in [3.63, 3.8) is 0 Å². The molecule has 0 spiro atoms. The van der Waals surface area contributed by atoms with Crippen LogP contribution in [0.15, 0.2) is 18.2 Å². The average Bonchev–Trinajstić information content (AvgIpc) is 2.90. The van der Waals surface area contributed by atoms with Gasteiger partial charge < -0.3 is 20.1 Å². The van der Waals surface area contributed by atoms with Crippen molar-refractivity contribution >= 4 is 17.5 Å². The molecule has 0 aliphatic carbocycles. The third kappa shape index (κ3) is 5.38. The van der Waals surface area contributed by atoms with Gasteiger partial charge in [0.05, 0.1) is 13.0 Å². The van der Waals surface area contributed by atoms with Crippen LogP contribution in [0.4, 0.5) is 0 Å². The number of carbonyl (C=O) groups excluding carboxylic acids is 1. The zero-order chi connectivity index (χ0) is 20.1. The molecular weight excluding hydrogens is 378 g/mol. The van der Waals surface area contributed by atoms with Crippen LogP contribution >= 0.6 is 11.6 Å². The molecule has 2 aliphatic rings. The molecule has 6 nitrogen and oxygen atoms in total. The van der Waals surface area contributed by atoms with Crippen LogP contribution < -0.4 is 10.5 Å². The van der Waals surface area contributed by atoms with Gasteiger partial charge in [0.2, 0.25) is 5.91 Å². The quantitative estimate of drug-likeness (QED) is 0.809. The van der Waals surface area contributed by atoms with Crippen molar-refractivity contribution in [2.45, 2.75) is 44.3 Å². The van der Waals surface area contributed by atoms with Gasteiger partial charge in [-0.1, -0.05) is 11.6 Å². The topological polar surface area (TPSA) is 68.0 Å². The Balaban J connectivity index is 1.68. The maximum atomic E-state index is 13.2. The van der Waals surface area contributed by atoms with Gasteiger partial charge in [-0.15, -0.1) is 0 Å². The minimum atomic E-state index is -0.0356. The van der Waals surface area contributed by atoms with Gasteiger partial charge in [0, 0.05) is 62.6 Å². The molecule has 7 heteroatoms. The summed E-state index contributed by atoms with van der Waals surface area (Å²) in [6.45, 7) is 3.70. The highest BCUT2D eigenvalue weighted by Gasteiger charge is 2.32. The Hall–Kier alpha value is -1.34. The van der Waals surface area contributed by atoms with Crippen molar-refractivity contribution in [3.05, 3.63) is 28.8 Å². The summed E-state index contributed by atoms with van der Waals surface area (Å²) < 4.78 is 10.9. The van der Waals surface area contributed by atoms with Gasteiger partial charge in [0.1, 0.15) is 5.75 Å². The first-order chi connectivity index (χ1) is 13.5. The van der Waals surface area contributed by atoms with Crippen LogP contribution in [0, 0.1) is 5.92 Å². The second kappa shape index (κ2) is 9.92. The Morgan fingerprint density at radius 1 is 1.29 bits per heavy atom. The van der Waals surface area contributed by atoms with E-state index in [9.17, 15) is 4.79 Å². The first-order valence-corrected chi connectivity index (χ1v) is 10.5. The lowest BCUT2D eigenvalue weighted by atomic mass is 9.99. The summed E-state index contributed by atoms with van der Waals surface area (Å²) in [6, 6.07) is 6.09. The van der Waals surface area contributed by atoms with Crippen LogP contribution in [0.5, 0.6) is 5.75 Å². The van der Waals surface area contributed by atoms with E-state index >= 15 is 0 Å². The summed E-state index contributed by atoms with van der Waals surface area (Å²) in [5, 5.41) is 0.641. The van der Waals surface area contributed by atoms with Crippen LogP contribution in [0.1, 0.15) is 31.2 Å². The Bertz CT molecular complexity index is 666. The molecule has 1 aromatic rings. The minimum absolute atomic E-state index is 0.0356. The van der Waals surface area contributed by atoms with E-state index < -0.39 is 0 Å². The van der Waals surface area contributed by atoms with E-state index in [4.69, 9.17) is 26.8 Å². The number of nitrogens with zero attached hydrogens (tertiary/aromatic N) is 2. The number of rotatable bonds is 5. The van der Waals surface area contributed by atoms with Crippen LogP contribution in [-0.2, 0) is 16.1 Å². The molecule has 2 atom stereocenters. The molecule has 2 saturated heterocycles. The molecule has 2 fully saturated rings. The summed E-state index contributed by atoms with van der Waals surface area (Å²) in [5.74, 6) is 0.871. The number of methoxy groups -OCH3 is 1. The van der Waals surface area contributed by atoms with Crippen LogP contribution in [0.25, 0.3) is 0 Å². The number of hydrogen-bond donors (Lipinski definition) is 1. The van der Waals surface area contributed by atoms with Gasteiger partial charge in [-0.2, -0.15) is 0 Å². The molecule has 0 saturated carbocycles. The lowest BCUT2D eigenvalue weighted by molar-refractivity contribution is -0.135. The molecule has 28 heavy (non-hydrogen) atoms. The molecule has 1 aromatic carbocycles. The molecule has 2 heterocycles. The highest BCUT2D eigenvalue weighted by atomic mass is 35.5. The predicted octanol–water partition coefficient (Wildman–Crippen LogP) is 2.53. The Kier molecular flexibility index (Phi) is 7.57. The van der Waals surface area contributed by atoms with Gasteiger partial charge in [0.25, 0.3) is 0 Å². The second-order valence-electron chi connectivity index (χ2n) is 7.98. The molecule has 2 aliphatic heterocycles. The fraction of sp³-hybridized carbons (Fsp3) is 0.667. The molecule has 0 aromatic heterocycles. The van der Waals surface area contributed by atoms with Gasteiger partial charge in [-0.3, -0.25) is 9.69 Å². The van der Waals surface area contributed by atoms with E-state index in [0.29, 0.717) is 17.6 Å². The van der Waals surface area contributed by atoms with Crippen molar-refractivity contribution in [2.24, 2.45) is 11.7 Å². The number of likely N-dealkylation sites (tertiary alicyclic amines) is 1. The number of halogens is 1. The fourth-order valence-electron chi connectivity index (χ4n) is 4.32. The number of carbonyl (C=O) groups is 1. The van der Waals surface area contributed by atoms with E-state index in [1.165, 1.54) is 0 Å². The lowest BCUT2D eigenvalue weighted by Crippen LogP contribution is -2.47. The smallest absolute Gasteiger partial charge is 0.227 e. The minimum Gasteiger partial charge on any atom is -0.496 e. The summed E-state index contributed by atoms with van der Waals surface area (Å²) >= 11 is 6.14. The predicted molar refractivity (Wildman–Crippen MR) is 111 cm³/mol. The number of ether oxygens (including phenoxy) is 2. The van der Waals surface area contributed by atoms with E-state index in [2.05, 4.69) is 4.90 Å². The number of amides is 1. The Morgan fingerprint density at radius 2 is 2.04 bits per heavy atom. The third-order valence-corrected chi connectivity index (χ3v) is 6.13. The van der Waals surface area contributed by atoms with Crippen LogP contribution in [-0.4, -0.2) is 68.3 Å². The first-order valence-electron chi connectivity index (χ1n) is 10.1. The molecule has 2 N–H and O–H groups in total. The summed E-state index contributed by atoms with van der Waals surface area (Å²) in [4.78, 5) is 17.5. The molecule has 3 rings (SSSR count). The van der Waals surface area contributed by atoms with Crippen LogP contribution in [0.3, 0.4) is 0 Å². The number of hydrogen-bond acceptors (Lipinski definition) is 5. The standard InChI is InChI=1S/C21H32ClN3O3/c1-24(12-16-11-17(22)4-6-20(16)27-2)21(26)15-3-5-18(23)14-25(13-15)19-7-9-28-10-8-19/h4,6,11,15,18-19H,3,5,7-10,12-14,23H2,1-2H3/t15-,18+/m1/s1. The first kappa shape index (κ1) is 21.4. The maximum Gasteiger partial charge on any atom is 0.227 e. The molecule has 0 unspecified atom stereocenters. The van der Waals surface area contributed by atoms with Gasteiger partial charge >= 0.3 is 0 Å². The summed E-state index contributed by atoms with van der Waals surface area (Å²) in [5.41, 5.74) is 7.23. The average molecular weight is 410 g/mol. The number of benzene rings is 1. The molecule has 0 bridgehead atoms. The fourth-order valence-corrected chi connectivity index (χ4v) is 4.52. The third-order valence-electron chi connectivity index (χ3n) is 5.89. The Morgan fingerprint density at radius 3 is 2.75 bits per heavy atom. The largest absolute Gasteiger partial charge is 0.496 e. The number of nitrogens with two attached hydrogens (primary N) is 1. The van der Waals surface area contributed by atoms with Crippen LogP contribution in [0.2, 0.25) is 5.02 Å². The molecule has 156 valence electrons. The summed E-state index contributed by atoms with van der Waals surface area (Å²) in [6.07, 6.45) is 3.74. The van der Waals surface area contributed by atoms with Crippen molar-refractivity contribution in [3.8, 4) is 5.75 Å². The highest BCUT2D eigenvalue weighted by Crippen LogP contribution is 2.27. The highest BCUT2D eigenvalue weighted by molar-refractivity contribution is 6.30. The molecule has 0 radical (unpaired) electrons. The molecular formula is C21H32ClN3O3. The van der Waals surface area contributed by atoms with E-state index in [1.807, 2.05) is 19.2 Å². The van der Waals surface area contributed by atoms with E-state index in [-0.39, 0.29) is 17.9 Å². The van der Waals surface area contributed by atoms with Gasteiger partial charge in [0.15, 0.2) is 0 Å². The van der Waals surface area contributed by atoms with Gasteiger partial charge in [-0.05, 0) is 43.9 Å². The van der Waals surface area contributed by atoms with E-state index in [1.54, 1.807) is 18.1 Å². The normalized spacial score (nSPS) is 24.6. The Labute approximate surface area is 172 Å². The summed E-state index contributed by atoms with van der Waals surface area (Å²) in [7, 11) is 3.49. The zero-order valence-corrected chi connectivity index (χ0v) is 17.7. The van der Waals surface area contributed by atoms with Crippen molar-refractivity contribution in [2.75, 3.05) is 40.5 Å². The van der Waals surface area contributed by atoms with Gasteiger partial charge in [-0.25, -0.2) is 0 Å². The lowest BCUT2D eigenvalue weighted by Gasteiger charge is -2.36. The van der Waals surface area contributed by atoms with Crippen molar-refractivity contribution in [1.29, 1.82) is 0 Å².